The largest absolute Gasteiger partial charge is 0.368 e. The average Bonchev–Trinajstić information content (AvgIpc) is 1.80. The van der Waals surface area contributed by atoms with Crippen LogP contribution in [0.25, 0.3) is 0 Å². The summed E-state index contributed by atoms with van der Waals surface area (Å²) in [6.07, 6.45) is 3.65. The van der Waals surface area contributed by atoms with E-state index in [9.17, 15) is 0 Å². The quantitative estimate of drug-likeness (QED) is 0.417. The van der Waals surface area contributed by atoms with E-state index in [2.05, 4.69) is 32.0 Å². The Balaban J connectivity index is 3.15. The first-order chi connectivity index (χ1) is 4.27. The van der Waals surface area contributed by atoms with Crippen LogP contribution in [0.15, 0.2) is 24.4 Å². The molecule has 0 aliphatic heterocycles. The summed E-state index contributed by atoms with van der Waals surface area (Å²) in [6.45, 7) is 6.06. The normalized spacial score (nSPS) is 10.0. The van der Waals surface area contributed by atoms with E-state index >= 15 is 0 Å². The van der Waals surface area contributed by atoms with E-state index in [1.165, 1.54) is 0 Å². The van der Waals surface area contributed by atoms with Crippen LogP contribution in [0.5, 0.6) is 0 Å². The van der Waals surface area contributed by atoms with E-state index in [0.717, 1.165) is 5.57 Å². The molecule has 0 aromatic rings. The van der Waals surface area contributed by atoms with Crippen LogP contribution in [0.2, 0.25) is 0 Å². The maximum atomic E-state index is 4.54. The monoisotopic (exact) mass is 191 g/mol. The first-order valence-electron chi connectivity index (χ1n) is 2.56. The number of hydrogen-bond acceptors (Lipinski definition) is 2. The average molecular weight is 192 g/mol. The van der Waals surface area contributed by atoms with Gasteiger partial charge in [-0.3, -0.25) is 3.83 Å². The second-order valence-electron chi connectivity index (χ2n) is 1.64. The van der Waals surface area contributed by atoms with Crippen LogP contribution in [-0.2, 0) is 3.83 Å². The summed E-state index contributed by atoms with van der Waals surface area (Å²) in [4.78, 5) is 0. The molecule has 0 radical (unpaired) electrons. The number of halogens is 1. The lowest BCUT2D eigenvalue weighted by molar-refractivity contribution is 0.377. The molecule has 0 rings (SSSR count). The summed E-state index contributed by atoms with van der Waals surface area (Å²) in [5.41, 5.74) is 1.01. The third kappa shape index (κ3) is 7.72. The van der Waals surface area contributed by atoms with Gasteiger partial charge in [-0.25, -0.2) is 0 Å². The van der Waals surface area contributed by atoms with Crippen molar-refractivity contribution in [2.45, 2.75) is 6.92 Å². The van der Waals surface area contributed by atoms with Gasteiger partial charge < -0.3 is 5.32 Å². The van der Waals surface area contributed by atoms with E-state index < -0.39 is 0 Å². The van der Waals surface area contributed by atoms with Crippen molar-refractivity contribution in [2.24, 2.45) is 0 Å². The lowest BCUT2D eigenvalue weighted by atomic mass is 10.3. The van der Waals surface area contributed by atoms with Gasteiger partial charge in [0.1, 0.15) is 23.0 Å². The molecule has 3 heteroatoms. The molecule has 0 spiro atoms. The first-order valence-corrected chi connectivity index (χ1v) is 3.21. The van der Waals surface area contributed by atoms with Crippen LogP contribution in [0.1, 0.15) is 6.92 Å². The number of hydrogen-bond donors (Lipinski definition) is 1. The predicted molar refractivity (Wildman–Crippen MR) is 42.0 cm³/mol. The third-order valence-electron chi connectivity index (χ3n) is 0.624. The van der Waals surface area contributed by atoms with Crippen molar-refractivity contribution in [1.29, 1.82) is 0 Å². The Morgan fingerprint density at radius 1 is 1.89 bits per heavy atom. The molecule has 0 saturated carbocycles. The van der Waals surface area contributed by atoms with Crippen molar-refractivity contribution in [3.63, 3.8) is 0 Å². The fraction of sp³-hybridized carbons (Fsp3) is 0.333. The highest BCUT2D eigenvalue weighted by molar-refractivity contribution is 9.06. The van der Waals surface area contributed by atoms with Gasteiger partial charge in [0, 0.05) is 0 Å². The Labute approximate surface area is 64.0 Å². The van der Waals surface area contributed by atoms with Crippen molar-refractivity contribution in [3.05, 3.63) is 24.4 Å². The van der Waals surface area contributed by atoms with E-state index in [-0.39, 0.29) is 0 Å². The van der Waals surface area contributed by atoms with Gasteiger partial charge in [-0.1, -0.05) is 12.2 Å². The minimum Gasteiger partial charge on any atom is -0.368 e. The van der Waals surface area contributed by atoms with Crippen molar-refractivity contribution >= 4 is 16.3 Å². The zero-order valence-electron chi connectivity index (χ0n) is 5.36. The van der Waals surface area contributed by atoms with Crippen molar-refractivity contribution in [2.75, 3.05) is 6.73 Å². The molecule has 0 fully saturated rings. The summed E-state index contributed by atoms with van der Waals surface area (Å²) < 4.78 is 4.54. The zero-order valence-corrected chi connectivity index (χ0v) is 6.94. The minimum atomic E-state index is 0.462. The van der Waals surface area contributed by atoms with Crippen LogP contribution < -0.4 is 5.32 Å². The molecule has 0 atom stereocenters. The maximum absolute atomic E-state index is 4.54. The molecule has 52 valence electrons. The summed E-state index contributed by atoms with van der Waals surface area (Å²) in [5.74, 6) is 0. The molecule has 2 nitrogen and oxygen atoms in total. The van der Waals surface area contributed by atoms with Gasteiger partial charge in [-0.05, 0) is 19.2 Å². The van der Waals surface area contributed by atoms with Crippen molar-refractivity contribution in [1.82, 2.24) is 5.32 Å². The van der Waals surface area contributed by atoms with Gasteiger partial charge >= 0.3 is 0 Å². The Morgan fingerprint density at radius 2 is 2.56 bits per heavy atom. The topological polar surface area (TPSA) is 21.3 Å². The molecule has 0 bridgehead atoms. The van der Waals surface area contributed by atoms with Crippen LogP contribution in [0, 0.1) is 0 Å². The lowest BCUT2D eigenvalue weighted by Crippen LogP contribution is -2.05. The van der Waals surface area contributed by atoms with E-state index in [4.69, 9.17) is 0 Å². The minimum absolute atomic E-state index is 0.462. The fourth-order valence-corrected chi connectivity index (χ4v) is 0.413. The summed E-state index contributed by atoms with van der Waals surface area (Å²) in [6, 6.07) is 0. The third-order valence-corrected chi connectivity index (χ3v) is 0.853. The Bertz CT molecular complexity index is 112. The molecule has 0 amide bonds. The van der Waals surface area contributed by atoms with E-state index in [0.29, 0.717) is 6.73 Å². The molecule has 0 aromatic heterocycles. The highest BCUT2D eigenvalue weighted by atomic mass is 79.9. The van der Waals surface area contributed by atoms with Gasteiger partial charge in [-0.2, -0.15) is 0 Å². The number of rotatable bonds is 4. The van der Waals surface area contributed by atoms with Crippen LogP contribution in [0.3, 0.4) is 0 Å². The van der Waals surface area contributed by atoms with Gasteiger partial charge in [0.15, 0.2) is 0 Å². The van der Waals surface area contributed by atoms with Gasteiger partial charge in [0.05, 0.1) is 0 Å². The molecular weight excluding hydrogens is 182 g/mol. The molecule has 0 aliphatic rings. The van der Waals surface area contributed by atoms with Crippen LogP contribution >= 0.6 is 16.3 Å². The summed E-state index contributed by atoms with van der Waals surface area (Å²) >= 11 is 2.80. The summed E-state index contributed by atoms with van der Waals surface area (Å²) in [7, 11) is 0. The van der Waals surface area contributed by atoms with Gasteiger partial charge in [0.25, 0.3) is 0 Å². The SMILES string of the molecule is C=C(C)/C=C\NCOBr. The molecule has 9 heavy (non-hydrogen) atoms. The predicted octanol–water partition coefficient (Wildman–Crippen LogP) is 1.95. The lowest BCUT2D eigenvalue weighted by Gasteiger charge is -1.93. The molecule has 1 N–H and O–H groups in total. The highest BCUT2D eigenvalue weighted by Crippen LogP contribution is 1.86. The zero-order chi connectivity index (χ0) is 7.11. The molecule has 0 heterocycles. The fourth-order valence-electron chi connectivity index (χ4n) is 0.281. The molecule has 0 unspecified atom stereocenters. The second kappa shape index (κ2) is 5.85. The van der Waals surface area contributed by atoms with Crippen molar-refractivity contribution in [3.8, 4) is 0 Å². The standard InChI is InChI=1S/C6H10BrNO/c1-6(2)3-4-8-5-9-7/h3-4,8H,1,5H2,2H3/b4-3-. The van der Waals surface area contributed by atoms with Gasteiger partial charge in [-0.15, -0.1) is 0 Å². The summed E-state index contributed by atoms with van der Waals surface area (Å²) in [5, 5.41) is 2.86. The molecular formula is C6H10BrNO. The number of allylic oxidation sites excluding steroid dienone is 2. The highest BCUT2D eigenvalue weighted by Gasteiger charge is 1.73. The molecule has 0 aromatic carbocycles. The van der Waals surface area contributed by atoms with E-state index in [1.807, 2.05) is 13.0 Å². The second-order valence-corrected chi connectivity index (χ2v) is 2.10. The molecule has 0 saturated heterocycles. The van der Waals surface area contributed by atoms with E-state index in [1.54, 1.807) is 6.20 Å². The Kier molecular flexibility index (Phi) is 5.67. The Morgan fingerprint density at radius 3 is 3.00 bits per heavy atom. The van der Waals surface area contributed by atoms with Gasteiger partial charge in [0.2, 0.25) is 0 Å². The molecule has 0 aliphatic carbocycles. The number of nitrogens with one attached hydrogen (secondary N) is 1. The maximum Gasteiger partial charge on any atom is 0.130 e. The smallest absolute Gasteiger partial charge is 0.130 e. The van der Waals surface area contributed by atoms with Crippen LogP contribution in [-0.4, -0.2) is 6.73 Å². The van der Waals surface area contributed by atoms with Crippen LogP contribution in [0.4, 0.5) is 0 Å². The Hall–Kier alpha value is -0.280. The van der Waals surface area contributed by atoms with Crippen molar-refractivity contribution < 1.29 is 3.83 Å². The first kappa shape index (κ1) is 8.72.